The highest BCUT2D eigenvalue weighted by molar-refractivity contribution is 5.38. The summed E-state index contributed by atoms with van der Waals surface area (Å²) in [5.41, 5.74) is 5.69. The summed E-state index contributed by atoms with van der Waals surface area (Å²) in [5.74, 6) is 0.762. The van der Waals surface area contributed by atoms with E-state index >= 15 is 0 Å². The zero-order valence-corrected chi connectivity index (χ0v) is 11.2. The third kappa shape index (κ3) is 3.44. The minimum Gasteiger partial charge on any atom is -0.464 e. The zero-order valence-electron chi connectivity index (χ0n) is 11.2. The minimum atomic E-state index is 0.182. The van der Waals surface area contributed by atoms with Gasteiger partial charge in [0.2, 0.25) is 11.9 Å². The van der Waals surface area contributed by atoms with Gasteiger partial charge in [0.1, 0.15) is 0 Å². The van der Waals surface area contributed by atoms with Crippen molar-refractivity contribution in [1.29, 1.82) is 0 Å². The number of aliphatic hydroxyl groups excluding tert-OH is 1. The number of hydrogen-bond donors (Lipinski definition) is 2. The van der Waals surface area contributed by atoms with Crippen LogP contribution in [0.15, 0.2) is 0 Å². The Bertz CT molecular complexity index is 415. The molecule has 0 amide bonds. The minimum absolute atomic E-state index is 0.182. The SMILES string of the molecule is CCOc1nc(N)nc(N2CCCC2CCCO)n1. The standard InChI is InChI=1S/C12H21N5O2/c1-2-19-12-15-10(13)14-11(16-12)17-7-3-5-9(17)6-4-8-18/h9,18H,2-8H2,1H3,(H2,13,14,15,16). The van der Waals surface area contributed by atoms with E-state index in [9.17, 15) is 0 Å². The number of aliphatic hydroxyl groups is 1. The van der Waals surface area contributed by atoms with Crippen LogP contribution in [0.1, 0.15) is 32.6 Å². The van der Waals surface area contributed by atoms with Gasteiger partial charge in [-0.15, -0.1) is 0 Å². The smallest absolute Gasteiger partial charge is 0.323 e. The summed E-state index contributed by atoms with van der Waals surface area (Å²) in [6.07, 6.45) is 3.92. The van der Waals surface area contributed by atoms with E-state index in [1.54, 1.807) is 0 Å². The van der Waals surface area contributed by atoms with Gasteiger partial charge in [-0.3, -0.25) is 0 Å². The van der Waals surface area contributed by atoms with Gasteiger partial charge in [0, 0.05) is 19.2 Å². The first-order valence-corrected chi connectivity index (χ1v) is 6.76. The van der Waals surface area contributed by atoms with E-state index in [1.165, 1.54) is 0 Å². The van der Waals surface area contributed by atoms with Crippen molar-refractivity contribution in [2.75, 3.05) is 30.4 Å². The fourth-order valence-corrected chi connectivity index (χ4v) is 2.41. The Morgan fingerprint density at radius 1 is 1.42 bits per heavy atom. The lowest BCUT2D eigenvalue weighted by Gasteiger charge is -2.24. The van der Waals surface area contributed by atoms with Crippen LogP contribution in [0.25, 0.3) is 0 Å². The van der Waals surface area contributed by atoms with E-state index in [2.05, 4.69) is 19.9 Å². The number of anilines is 2. The number of rotatable bonds is 6. The molecule has 0 spiro atoms. The van der Waals surface area contributed by atoms with Gasteiger partial charge >= 0.3 is 6.01 Å². The van der Waals surface area contributed by atoms with Crippen LogP contribution in [0, 0.1) is 0 Å². The number of aromatic nitrogens is 3. The lowest BCUT2D eigenvalue weighted by Crippen LogP contribution is -2.31. The lowest BCUT2D eigenvalue weighted by molar-refractivity contribution is 0.279. The number of ether oxygens (including phenoxy) is 1. The number of nitrogen functional groups attached to an aromatic ring is 1. The van der Waals surface area contributed by atoms with Gasteiger partial charge in [0.25, 0.3) is 0 Å². The van der Waals surface area contributed by atoms with Crippen LogP contribution in [0.3, 0.4) is 0 Å². The fourth-order valence-electron chi connectivity index (χ4n) is 2.41. The Morgan fingerprint density at radius 2 is 2.26 bits per heavy atom. The number of nitrogens with zero attached hydrogens (tertiary/aromatic N) is 4. The molecule has 1 aliphatic rings. The van der Waals surface area contributed by atoms with E-state index in [1.807, 2.05) is 6.92 Å². The highest BCUT2D eigenvalue weighted by atomic mass is 16.5. The summed E-state index contributed by atoms with van der Waals surface area (Å²) in [4.78, 5) is 14.6. The van der Waals surface area contributed by atoms with Crippen molar-refractivity contribution in [3.05, 3.63) is 0 Å². The molecule has 3 N–H and O–H groups in total. The first-order valence-electron chi connectivity index (χ1n) is 6.76. The molecule has 0 aliphatic carbocycles. The monoisotopic (exact) mass is 267 g/mol. The Morgan fingerprint density at radius 3 is 3.00 bits per heavy atom. The molecule has 7 heteroatoms. The van der Waals surface area contributed by atoms with Gasteiger partial charge in [0.15, 0.2) is 0 Å². The van der Waals surface area contributed by atoms with Gasteiger partial charge in [-0.1, -0.05) is 0 Å². The quantitative estimate of drug-likeness (QED) is 0.778. The van der Waals surface area contributed by atoms with Gasteiger partial charge in [0.05, 0.1) is 6.61 Å². The molecule has 1 aromatic heterocycles. The average molecular weight is 267 g/mol. The molecule has 1 saturated heterocycles. The molecule has 1 aliphatic heterocycles. The summed E-state index contributed by atoms with van der Waals surface area (Å²) < 4.78 is 5.29. The van der Waals surface area contributed by atoms with E-state index in [4.69, 9.17) is 15.6 Å². The predicted octanol–water partition coefficient (Wildman–Crippen LogP) is 0.594. The molecule has 19 heavy (non-hydrogen) atoms. The molecule has 0 bridgehead atoms. The van der Waals surface area contributed by atoms with Gasteiger partial charge in [-0.05, 0) is 32.6 Å². The van der Waals surface area contributed by atoms with E-state index in [0.717, 1.165) is 32.2 Å². The summed E-state index contributed by atoms with van der Waals surface area (Å²) in [5, 5.41) is 8.94. The molecule has 1 unspecified atom stereocenters. The normalized spacial score (nSPS) is 18.8. The largest absolute Gasteiger partial charge is 0.464 e. The van der Waals surface area contributed by atoms with Crippen LogP contribution in [0.5, 0.6) is 6.01 Å². The molecule has 2 heterocycles. The Kier molecular flexibility index (Phi) is 4.73. The number of nitrogens with two attached hydrogens (primary N) is 1. The molecule has 0 radical (unpaired) electrons. The topological polar surface area (TPSA) is 97.4 Å². The van der Waals surface area contributed by atoms with Crippen molar-refractivity contribution in [3.63, 3.8) is 0 Å². The van der Waals surface area contributed by atoms with Gasteiger partial charge in [-0.2, -0.15) is 15.0 Å². The summed E-state index contributed by atoms with van der Waals surface area (Å²) in [6, 6.07) is 0.640. The highest BCUT2D eigenvalue weighted by Crippen LogP contribution is 2.26. The molecule has 2 rings (SSSR count). The second-order valence-corrected chi connectivity index (χ2v) is 4.56. The first kappa shape index (κ1) is 13.8. The molecule has 0 saturated carbocycles. The Hall–Kier alpha value is -1.63. The Balaban J connectivity index is 2.15. The van der Waals surface area contributed by atoms with Gasteiger partial charge in [-0.25, -0.2) is 0 Å². The molecule has 1 atom stereocenters. The maximum atomic E-state index is 8.94. The van der Waals surface area contributed by atoms with Crippen molar-refractivity contribution < 1.29 is 9.84 Å². The summed E-state index contributed by atoms with van der Waals surface area (Å²) in [6.45, 7) is 3.50. The molecule has 1 aromatic rings. The van der Waals surface area contributed by atoms with E-state index in [-0.39, 0.29) is 18.6 Å². The van der Waals surface area contributed by atoms with Crippen LogP contribution in [-0.2, 0) is 0 Å². The van der Waals surface area contributed by atoms with Gasteiger partial charge < -0.3 is 20.5 Å². The highest BCUT2D eigenvalue weighted by Gasteiger charge is 2.27. The van der Waals surface area contributed by atoms with Crippen molar-refractivity contribution >= 4 is 11.9 Å². The van der Waals surface area contributed by atoms with Crippen LogP contribution < -0.4 is 15.4 Å². The van der Waals surface area contributed by atoms with Crippen LogP contribution >= 0.6 is 0 Å². The average Bonchev–Trinajstić information content (AvgIpc) is 2.84. The number of hydrogen-bond acceptors (Lipinski definition) is 7. The van der Waals surface area contributed by atoms with Crippen LogP contribution in [0.2, 0.25) is 0 Å². The van der Waals surface area contributed by atoms with Crippen LogP contribution in [-0.4, -0.2) is 45.9 Å². The summed E-state index contributed by atoms with van der Waals surface area (Å²) >= 11 is 0. The molecule has 7 nitrogen and oxygen atoms in total. The van der Waals surface area contributed by atoms with E-state index < -0.39 is 0 Å². The van der Waals surface area contributed by atoms with Crippen molar-refractivity contribution in [2.45, 2.75) is 38.6 Å². The molecular formula is C12H21N5O2. The Labute approximate surface area is 112 Å². The second-order valence-electron chi connectivity index (χ2n) is 4.56. The predicted molar refractivity (Wildman–Crippen MR) is 72.1 cm³/mol. The van der Waals surface area contributed by atoms with Crippen molar-refractivity contribution in [2.24, 2.45) is 0 Å². The van der Waals surface area contributed by atoms with Crippen molar-refractivity contribution in [1.82, 2.24) is 15.0 Å². The molecule has 106 valence electrons. The van der Waals surface area contributed by atoms with E-state index in [0.29, 0.717) is 18.6 Å². The maximum Gasteiger partial charge on any atom is 0.323 e. The summed E-state index contributed by atoms with van der Waals surface area (Å²) in [7, 11) is 0. The lowest BCUT2D eigenvalue weighted by atomic mass is 10.1. The molecule has 1 fully saturated rings. The third-order valence-corrected chi connectivity index (χ3v) is 3.22. The zero-order chi connectivity index (χ0) is 13.7. The second kappa shape index (κ2) is 6.51. The molecule has 0 aromatic carbocycles. The maximum absolute atomic E-state index is 8.94. The fraction of sp³-hybridized carbons (Fsp3) is 0.750. The first-order chi connectivity index (χ1) is 9.24. The third-order valence-electron chi connectivity index (χ3n) is 3.22. The van der Waals surface area contributed by atoms with Crippen LogP contribution in [0.4, 0.5) is 11.9 Å². The van der Waals surface area contributed by atoms with Crippen molar-refractivity contribution in [3.8, 4) is 6.01 Å². The molecular weight excluding hydrogens is 246 g/mol.